The Balaban J connectivity index is -0.000000229. The molecule has 0 heterocycles. The molecular formula is C48H102ClN2OTi. The van der Waals surface area contributed by atoms with Gasteiger partial charge in [-0.15, -0.1) is 26.2 Å². The fraction of sp³-hybridized carbons (Fsp3) is 1.00. The molecule has 0 amide bonds. The van der Waals surface area contributed by atoms with Crippen molar-refractivity contribution in [2.24, 2.45) is 5.92 Å². The minimum atomic E-state index is 0. The maximum atomic E-state index is 8.75. The zero-order chi connectivity index (χ0) is 38.0. The van der Waals surface area contributed by atoms with Crippen LogP contribution in [0.5, 0.6) is 0 Å². The smallest absolute Gasteiger partial charge is 1.00 e. The fourth-order valence-electron chi connectivity index (χ4n) is 6.57. The molecule has 0 saturated carbocycles. The first-order chi connectivity index (χ1) is 25.2. The van der Waals surface area contributed by atoms with Gasteiger partial charge in [0.05, 0.1) is 0 Å². The normalized spacial score (nSPS) is 11.2. The van der Waals surface area contributed by atoms with E-state index in [-0.39, 0.29) is 34.1 Å². The van der Waals surface area contributed by atoms with Gasteiger partial charge in [0.2, 0.25) is 0 Å². The molecule has 0 rings (SSSR count). The van der Waals surface area contributed by atoms with Crippen LogP contribution < -0.4 is 12.4 Å². The van der Waals surface area contributed by atoms with Crippen molar-refractivity contribution in [1.82, 2.24) is 0 Å². The number of aliphatic hydroxyl groups is 1. The van der Waals surface area contributed by atoms with Gasteiger partial charge in [0.15, 0.2) is 0 Å². The SMILES string of the molecule is CCCCC(CC)CO.CCCCCCCCCC[N-]CCCCCCCCCC.CCCCCCCCCC[N-]CCCCCCCCCC.[Cl-].[Ti+3]. The number of unbranched alkanes of at least 4 members (excludes halogenated alkanes) is 29. The molecule has 0 aliphatic carbocycles. The second-order valence-electron chi connectivity index (χ2n) is 15.8. The van der Waals surface area contributed by atoms with Crippen molar-refractivity contribution < 1.29 is 39.2 Å². The van der Waals surface area contributed by atoms with Crippen molar-refractivity contribution in [1.29, 1.82) is 0 Å². The molecule has 0 spiro atoms. The molecule has 3 nitrogen and oxygen atoms in total. The Bertz CT molecular complexity index is 464. The quantitative estimate of drug-likeness (QED) is 0.0485. The van der Waals surface area contributed by atoms with Crippen LogP contribution in [0.2, 0.25) is 0 Å². The Morgan fingerprint density at radius 1 is 0.321 bits per heavy atom. The van der Waals surface area contributed by atoms with Gasteiger partial charge < -0.3 is 28.1 Å². The number of nitrogens with zero attached hydrogens (tertiary/aromatic N) is 2. The van der Waals surface area contributed by atoms with Gasteiger partial charge in [-0.3, -0.25) is 0 Å². The fourth-order valence-corrected chi connectivity index (χ4v) is 6.57. The molecule has 0 aliphatic heterocycles. The van der Waals surface area contributed by atoms with Crippen molar-refractivity contribution in [2.75, 3.05) is 32.8 Å². The molecule has 0 aromatic carbocycles. The second kappa shape index (κ2) is 64.8. The summed E-state index contributed by atoms with van der Waals surface area (Å²) in [5.74, 6) is 0.560. The molecule has 0 bridgehead atoms. The van der Waals surface area contributed by atoms with Crippen LogP contribution in [0.1, 0.15) is 273 Å². The van der Waals surface area contributed by atoms with Crippen LogP contribution in [0.15, 0.2) is 0 Å². The van der Waals surface area contributed by atoms with Gasteiger partial charge in [-0.2, -0.15) is 0 Å². The molecule has 0 aromatic rings. The van der Waals surface area contributed by atoms with E-state index in [2.05, 4.69) is 52.2 Å². The van der Waals surface area contributed by atoms with Gasteiger partial charge >= 0.3 is 21.7 Å². The Labute approximate surface area is 359 Å². The predicted molar refractivity (Wildman–Crippen MR) is 237 cm³/mol. The average molecular weight is 807 g/mol. The molecular weight excluding hydrogens is 704 g/mol. The van der Waals surface area contributed by atoms with Crippen LogP contribution in [0.25, 0.3) is 10.6 Å². The van der Waals surface area contributed by atoms with E-state index in [0.717, 1.165) is 32.6 Å². The van der Waals surface area contributed by atoms with Crippen LogP contribution >= 0.6 is 0 Å². The summed E-state index contributed by atoms with van der Waals surface area (Å²) < 4.78 is 0. The predicted octanol–water partition coefficient (Wildman–Crippen LogP) is 14.5. The molecule has 0 fully saturated rings. The molecule has 0 aromatic heterocycles. The minimum Gasteiger partial charge on any atom is -1.00 e. The Morgan fingerprint density at radius 2 is 0.528 bits per heavy atom. The number of hydrogen-bond donors (Lipinski definition) is 1. The summed E-state index contributed by atoms with van der Waals surface area (Å²) in [6, 6.07) is 0. The number of hydrogen-bond acceptors (Lipinski definition) is 1. The van der Waals surface area contributed by atoms with E-state index in [1.54, 1.807) is 0 Å². The summed E-state index contributed by atoms with van der Waals surface area (Å²) in [5.41, 5.74) is 0. The molecule has 1 N–H and O–H groups in total. The van der Waals surface area contributed by atoms with Crippen molar-refractivity contribution in [3.63, 3.8) is 0 Å². The number of halogens is 1. The number of rotatable bonds is 41. The monoisotopic (exact) mass is 806 g/mol. The first kappa shape index (κ1) is 63.1. The molecule has 0 saturated heterocycles. The minimum absolute atomic E-state index is 0. The van der Waals surface area contributed by atoms with Crippen LogP contribution in [0, 0.1) is 5.92 Å². The van der Waals surface area contributed by atoms with Gasteiger partial charge in [0.25, 0.3) is 0 Å². The molecule has 5 heteroatoms. The van der Waals surface area contributed by atoms with E-state index in [1.807, 2.05) is 0 Å². The topological polar surface area (TPSA) is 48.4 Å². The van der Waals surface area contributed by atoms with E-state index >= 15 is 0 Å². The van der Waals surface area contributed by atoms with E-state index < -0.39 is 0 Å². The van der Waals surface area contributed by atoms with E-state index in [0.29, 0.717) is 12.5 Å². The van der Waals surface area contributed by atoms with Gasteiger partial charge in [-0.05, 0) is 12.3 Å². The van der Waals surface area contributed by atoms with E-state index in [9.17, 15) is 0 Å². The van der Waals surface area contributed by atoms with Gasteiger partial charge in [-0.25, -0.2) is 0 Å². The zero-order valence-electron chi connectivity index (χ0n) is 37.8. The van der Waals surface area contributed by atoms with Gasteiger partial charge in [-0.1, -0.05) is 266 Å². The molecule has 1 atom stereocenters. The molecule has 1 radical (unpaired) electrons. The van der Waals surface area contributed by atoms with Gasteiger partial charge in [0.1, 0.15) is 0 Å². The maximum Gasteiger partial charge on any atom is 3.00 e. The van der Waals surface area contributed by atoms with E-state index in [1.165, 1.54) is 225 Å². The van der Waals surface area contributed by atoms with Crippen LogP contribution in [0.4, 0.5) is 0 Å². The summed E-state index contributed by atoms with van der Waals surface area (Å²) >= 11 is 0. The largest absolute Gasteiger partial charge is 3.00 e. The molecule has 0 aliphatic rings. The maximum absolute atomic E-state index is 8.75. The van der Waals surface area contributed by atoms with E-state index in [4.69, 9.17) is 5.11 Å². The summed E-state index contributed by atoms with van der Waals surface area (Å²) in [4.78, 5) is 0. The second-order valence-corrected chi connectivity index (χ2v) is 15.8. The summed E-state index contributed by atoms with van der Waals surface area (Å²) in [7, 11) is 0. The first-order valence-electron chi connectivity index (χ1n) is 24.0. The first-order valence-corrected chi connectivity index (χ1v) is 24.0. The molecule has 53 heavy (non-hydrogen) atoms. The molecule has 1 unspecified atom stereocenters. The van der Waals surface area contributed by atoms with Gasteiger partial charge in [0, 0.05) is 6.61 Å². The Kier molecular flexibility index (Phi) is 77.1. The third-order valence-corrected chi connectivity index (χ3v) is 10.5. The summed E-state index contributed by atoms with van der Waals surface area (Å²) in [5, 5.41) is 18.1. The molecule has 321 valence electrons. The van der Waals surface area contributed by atoms with Crippen LogP contribution in [-0.2, 0) is 21.7 Å². The third kappa shape index (κ3) is 68.0. The summed E-state index contributed by atoms with van der Waals surface area (Å²) in [6.45, 7) is 18.3. The average Bonchev–Trinajstić information content (AvgIpc) is 3.15. The van der Waals surface area contributed by atoms with Crippen molar-refractivity contribution in [3.05, 3.63) is 10.6 Å². The van der Waals surface area contributed by atoms with Crippen LogP contribution in [0.3, 0.4) is 0 Å². The third-order valence-electron chi connectivity index (χ3n) is 10.5. The van der Waals surface area contributed by atoms with Crippen LogP contribution in [-0.4, -0.2) is 37.9 Å². The Morgan fingerprint density at radius 3 is 0.717 bits per heavy atom. The standard InChI is InChI=1S/2C20H42N.C8H18O.ClH.Ti/c2*1-3-5-7-9-11-13-15-17-19-21-20-18-16-14-12-10-8-6-4-2;1-3-5-6-8(4-2)7-9;;/h2*3-20H2,1-2H3;8-9H,3-7H2,1-2H3;1H;/q2*-1;;;+3/p-1. The van der Waals surface area contributed by atoms with Crippen molar-refractivity contribution >= 4 is 0 Å². The summed E-state index contributed by atoms with van der Waals surface area (Å²) in [6.07, 6.45) is 49.9. The number of aliphatic hydroxyl groups excluding tert-OH is 1. The Hall–Kier alpha value is 0.884. The van der Waals surface area contributed by atoms with Crippen molar-refractivity contribution in [3.8, 4) is 0 Å². The zero-order valence-corrected chi connectivity index (χ0v) is 40.1. The van der Waals surface area contributed by atoms with Crippen molar-refractivity contribution in [2.45, 2.75) is 273 Å².